The van der Waals surface area contributed by atoms with Gasteiger partial charge in [0, 0.05) is 6.61 Å². The van der Waals surface area contributed by atoms with Gasteiger partial charge < -0.3 is 16.2 Å². The minimum atomic E-state index is 0.309. The average molecular weight is 188 g/mol. The number of nitrogens with two attached hydrogens (primary N) is 1. The van der Waals surface area contributed by atoms with Crippen LogP contribution in [0.15, 0.2) is 0 Å². The molecule has 1 atom stereocenters. The third kappa shape index (κ3) is 8.22. The SMILES string of the molecule is CCCC(CCO)CNCCCN. The zero-order valence-corrected chi connectivity index (χ0v) is 8.76. The maximum Gasteiger partial charge on any atom is 0.0434 e. The van der Waals surface area contributed by atoms with Crippen LogP contribution < -0.4 is 11.1 Å². The van der Waals surface area contributed by atoms with Gasteiger partial charge in [0.1, 0.15) is 0 Å². The zero-order chi connectivity index (χ0) is 9.94. The van der Waals surface area contributed by atoms with Crippen LogP contribution in [-0.4, -0.2) is 31.3 Å². The molecular weight excluding hydrogens is 164 g/mol. The Labute approximate surface area is 81.7 Å². The molecule has 0 heterocycles. The molecule has 0 rings (SSSR count). The Balaban J connectivity index is 3.33. The molecule has 0 saturated carbocycles. The number of aliphatic hydroxyl groups is 1. The van der Waals surface area contributed by atoms with Gasteiger partial charge in [0.15, 0.2) is 0 Å². The van der Waals surface area contributed by atoms with Crippen molar-refractivity contribution in [2.75, 3.05) is 26.2 Å². The fourth-order valence-corrected chi connectivity index (χ4v) is 1.47. The highest BCUT2D eigenvalue weighted by molar-refractivity contribution is 4.61. The van der Waals surface area contributed by atoms with Gasteiger partial charge in [-0.1, -0.05) is 13.3 Å². The first-order valence-corrected chi connectivity index (χ1v) is 5.36. The van der Waals surface area contributed by atoms with Gasteiger partial charge in [0.25, 0.3) is 0 Å². The molecule has 0 saturated heterocycles. The van der Waals surface area contributed by atoms with E-state index < -0.39 is 0 Å². The smallest absolute Gasteiger partial charge is 0.0434 e. The topological polar surface area (TPSA) is 58.3 Å². The maximum absolute atomic E-state index is 8.82. The molecule has 4 N–H and O–H groups in total. The minimum absolute atomic E-state index is 0.309. The van der Waals surface area contributed by atoms with Crippen LogP contribution in [0, 0.1) is 5.92 Å². The monoisotopic (exact) mass is 188 g/mol. The lowest BCUT2D eigenvalue weighted by molar-refractivity contribution is 0.248. The van der Waals surface area contributed by atoms with Gasteiger partial charge in [0.2, 0.25) is 0 Å². The van der Waals surface area contributed by atoms with Gasteiger partial charge in [-0.25, -0.2) is 0 Å². The van der Waals surface area contributed by atoms with E-state index in [1.807, 2.05) is 0 Å². The summed E-state index contributed by atoms with van der Waals surface area (Å²) in [5.41, 5.74) is 5.38. The van der Waals surface area contributed by atoms with E-state index >= 15 is 0 Å². The van der Waals surface area contributed by atoms with Crippen LogP contribution in [0.25, 0.3) is 0 Å². The van der Waals surface area contributed by atoms with Crippen molar-refractivity contribution >= 4 is 0 Å². The number of aliphatic hydroxyl groups excluding tert-OH is 1. The lowest BCUT2D eigenvalue weighted by Crippen LogP contribution is -2.25. The minimum Gasteiger partial charge on any atom is -0.396 e. The van der Waals surface area contributed by atoms with E-state index in [4.69, 9.17) is 10.8 Å². The first kappa shape index (κ1) is 12.9. The van der Waals surface area contributed by atoms with Crippen LogP contribution in [0.4, 0.5) is 0 Å². The third-order valence-corrected chi connectivity index (χ3v) is 2.22. The number of hydrogen-bond donors (Lipinski definition) is 3. The van der Waals surface area contributed by atoms with Crippen LogP contribution in [-0.2, 0) is 0 Å². The predicted octanol–water partition coefficient (Wildman–Crippen LogP) is 0.724. The second-order valence-electron chi connectivity index (χ2n) is 3.51. The molecule has 0 aliphatic carbocycles. The van der Waals surface area contributed by atoms with Crippen molar-refractivity contribution in [2.45, 2.75) is 32.6 Å². The highest BCUT2D eigenvalue weighted by Gasteiger charge is 2.05. The van der Waals surface area contributed by atoms with Crippen molar-refractivity contribution in [2.24, 2.45) is 11.7 Å². The summed E-state index contributed by atoms with van der Waals surface area (Å²) in [5.74, 6) is 0.632. The van der Waals surface area contributed by atoms with Crippen molar-refractivity contribution in [3.63, 3.8) is 0 Å². The van der Waals surface area contributed by atoms with Crippen molar-refractivity contribution in [1.29, 1.82) is 0 Å². The Hall–Kier alpha value is -0.120. The quantitative estimate of drug-likeness (QED) is 0.467. The standard InChI is InChI=1S/C10H24N2O/c1-2-4-10(5-8-13)9-12-7-3-6-11/h10,12-13H,2-9,11H2,1H3. The maximum atomic E-state index is 8.82. The fraction of sp³-hybridized carbons (Fsp3) is 1.00. The molecule has 80 valence electrons. The van der Waals surface area contributed by atoms with E-state index in [1.165, 1.54) is 12.8 Å². The van der Waals surface area contributed by atoms with E-state index in [0.29, 0.717) is 12.5 Å². The predicted molar refractivity (Wildman–Crippen MR) is 56.6 cm³/mol. The molecule has 0 aliphatic heterocycles. The van der Waals surface area contributed by atoms with E-state index in [-0.39, 0.29) is 0 Å². The van der Waals surface area contributed by atoms with Gasteiger partial charge >= 0.3 is 0 Å². The average Bonchev–Trinajstić information content (AvgIpc) is 2.13. The highest BCUT2D eigenvalue weighted by Crippen LogP contribution is 2.08. The van der Waals surface area contributed by atoms with Gasteiger partial charge in [-0.3, -0.25) is 0 Å². The van der Waals surface area contributed by atoms with Crippen LogP contribution in [0.1, 0.15) is 32.6 Å². The number of hydrogen-bond acceptors (Lipinski definition) is 3. The summed E-state index contributed by atoms with van der Waals surface area (Å²) < 4.78 is 0. The summed E-state index contributed by atoms with van der Waals surface area (Å²) in [6.45, 7) is 5.27. The molecule has 3 nitrogen and oxygen atoms in total. The normalized spacial score (nSPS) is 13.2. The molecule has 0 radical (unpaired) electrons. The van der Waals surface area contributed by atoms with Crippen LogP contribution in [0.2, 0.25) is 0 Å². The Morgan fingerprint density at radius 3 is 2.69 bits per heavy atom. The summed E-state index contributed by atoms with van der Waals surface area (Å²) in [6.07, 6.45) is 4.36. The Morgan fingerprint density at radius 1 is 1.38 bits per heavy atom. The van der Waals surface area contributed by atoms with Gasteiger partial charge in [-0.15, -0.1) is 0 Å². The Kier molecular flexibility index (Phi) is 9.87. The van der Waals surface area contributed by atoms with Crippen LogP contribution in [0.3, 0.4) is 0 Å². The van der Waals surface area contributed by atoms with Gasteiger partial charge in [-0.05, 0) is 44.8 Å². The summed E-state index contributed by atoms with van der Waals surface area (Å²) in [6, 6.07) is 0. The molecular formula is C10H24N2O. The van der Waals surface area contributed by atoms with Gasteiger partial charge in [-0.2, -0.15) is 0 Å². The second kappa shape index (κ2) is 9.96. The lowest BCUT2D eigenvalue weighted by atomic mass is 10.0. The Morgan fingerprint density at radius 2 is 2.15 bits per heavy atom. The Bertz CT molecular complexity index is 92.9. The summed E-state index contributed by atoms with van der Waals surface area (Å²) >= 11 is 0. The van der Waals surface area contributed by atoms with E-state index in [2.05, 4.69) is 12.2 Å². The molecule has 0 bridgehead atoms. The molecule has 0 spiro atoms. The molecule has 0 amide bonds. The summed E-state index contributed by atoms with van der Waals surface area (Å²) in [7, 11) is 0. The van der Waals surface area contributed by atoms with Crippen molar-refractivity contribution < 1.29 is 5.11 Å². The molecule has 13 heavy (non-hydrogen) atoms. The van der Waals surface area contributed by atoms with Crippen molar-refractivity contribution in [1.82, 2.24) is 5.32 Å². The van der Waals surface area contributed by atoms with E-state index in [0.717, 1.165) is 32.5 Å². The summed E-state index contributed by atoms with van der Waals surface area (Å²) in [4.78, 5) is 0. The molecule has 0 fully saturated rings. The summed E-state index contributed by atoms with van der Waals surface area (Å²) in [5, 5.41) is 12.2. The molecule has 0 aromatic heterocycles. The zero-order valence-electron chi connectivity index (χ0n) is 8.76. The number of rotatable bonds is 9. The van der Waals surface area contributed by atoms with Gasteiger partial charge in [0.05, 0.1) is 0 Å². The second-order valence-corrected chi connectivity index (χ2v) is 3.51. The highest BCUT2D eigenvalue weighted by atomic mass is 16.3. The van der Waals surface area contributed by atoms with E-state index in [1.54, 1.807) is 0 Å². The first-order valence-electron chi connectivity index (χ1n) is 5.36. The molecule has 0 aliphatic rings. The van der Waals surface area contributed by atoms with E-state index in [9.17, 15) is 0 Å². The third-order valence-electron chi connectivity index (χ3n) is 2.22. The van der Waals surface area contributed by atoms with Crippen LogP contribution >= 0.6 is 0 Å². The lowest BCUT2D eigenvalue weighted by Gasteiger charge is -2.15. The van der Waals surface area contributed by atoms with Crippen molar-refractivity contribution in [3.8, 4) is 0 Å². The molecule has 3 heteroatoms. The largest absolute Gasteiger partial charge is 0.396 e. The molecule has 1 unspecified atom stereocenters. The molecule has 0 aromatic carbocycles. The van der Waals surface area contributed by atoms with Crippen molar-refractivity contribution in [3.05, 3.63) is 0 Å². The van der Waals surface area contributed by atoms with Crippen LogP contribution in [0.5, 0.6) is 0 Å². The fourth-order valence-electron chi connectivity index (χ4n) is 1.47. The first-order chi connectivity index (χ1) is 6.35. The number of nitrogens with one attached hydrogen (secondary N) is 1. The molecule has 0 aromatic rings.